The Kier molecular flexibility index (Phi) is 3.39. The van der Waals surface area contributed by atoms with Gasteiger partial charge in [-0.05, 0) is 6.07 Å². The summed E-state index contributed by atoms with van der Waals surface area (Å²) in [6.07, 6.45) is -0.984. The fraction of sp³-hybridized carbons (Fsp3) is 0.111. The van der Waals surface area contributed by atoms with Gasteiger partial charge in [0.2, 0.25) is 0 Å². The maximum absolute atomic E-state index is 13.1. The highest BCUT2D eigenvalue weighted by molar-refractivity contribution is 5.91. The quantitative estimate of drug-likeness (QED) is 0.814. The first-order valence-electron chi connectivity index (χ1n) is 4.03. The van der Waals surface area contributed by atoms with Crippen molar-refractivity contribution in [3.05, 3.63) is 29.3 Å². The summed E-state index contributed by atoms with van der Waals surface area (Å²) in [5.74, 6) is -3.88. The minimum atomic E-state index is -1.56. The van der Waals surface area contributed by atoms with Gasteiger partial charge in [-0.3, -0.25) is 5.32 Å². The molecule has 5 nitrogen and oxygen atoms in total. The molecule has 0 radical (unpaired) electrons. The second kappa shape index (κ2) is 4.56. The van der Waals surface area contributed by atoms with E-state index in [-0.39, 0.29) is 0 Å². The van der Waals surface area contributed by atoms with Crippen LogP contribution in [-0.4, -0.2) is 24.3 Å². The number of amides is 1. The van der Waals surface area contributed by atoms with Crippen LogP contribution in [0.4, 0.5) is 19.3 Å². The highest BCUT2D eigenvalue weighted by atomic mass is 19.1. The molecule has 0 heterocycles. The summed E-state index contributed by atoms with van der Waals surface area (Å²) >= 11 is 0. The largest absolute Gasteiger partial charge is 0.478 e. The van der Waals surface area contributed by atoms with Gasteiger partial charge in [0.1, 0.15) is 11.6 Å². The lowest BCUT2D eigenvalue weighted by Gasteiger charge is -2.06. The van der Waals surface area contributed by atoms with Gasteiger partial charge in [0.05, 0.1) is 18.4 Å². The van der Waals surface area contributed by atoms with Crippen LogP contribution in [0.1, 0.15) is 10.4 Å². The molecule has 0 unspecified atom stereocenters. The minimum absolute atomic E-state index is 0.370. The molecule has 0 aliphatic carbocycles. The number of benzene rings is 1. The number of carbonyl (C=O) groups excluding carboxylic acids is 1. The van der Waals surface area contributed by atoms with E-state index in [1.807, 2.05) is 5.32 Å². The Morgan fingerprint density at radius 2 is 1.94 bits per heavy atom. The van der Waals surface area contributed by atoms with E-state index in [4.69, 9.17) is 5.11 Å². The number of carboxylic acid groups (broad SMARTS) is 1. The first-order valence-corrected chi connectivity index (χ1v) is 4.03. The van der Waals surface area contributed by atoms with Gasteiger partial charge in [0, 0.05) is 6.07 Å². The lowest BCUT2D eigenvalue weighted by Crippen LogP contribution is -2.13. The molecule has 0 saturated heterocycles. The van der Waals surface area contributed by atoms with E-state index >= 15 is 0 Å². The predicted octanol–water partition coefficient (Wildman–Crippen LogP) is 1.84. The highest BCUT2D eigenvalue weighted by Gasteiger charge is 2.16. The summed E-state index contributed by atoms with van der Waals surface area (Å²) in [6.45, 7) is 0. The molecule has 0 aliphatic rings. The Morgan fingerprint density at radius 1 is 1.31 bits per heavy atom. The first-order chi connectivity index (χ1) is 7.45. The second-order valence-corrected chi connectivity index (χ2v) is 2.73. The van der Waals surface area contributed by atoms with Crippen LogP contribution in [0.25, 0.3) is 0 Å². The zero-order valence-electron chi connectivity index (χ0n) is 8.08. The fourth-order valence-corrected chi connectivity index (χ4v) is 0.970. The lowest BCUT2D eigenvalue weighted by atomic mass is 10.2. The van der Waals surface area contributed by atoms with E-state index < -0.39 is 34.9 Å². The molecule has 16 heavy (non-hydrogen) atoms. The SMILES string of the molecule is COC(=O)Nc1cc(C(=O)O)c(F)cc1F. The van der Waals surface area contributed by atoms with Crippen LogP contribution in [0.5, 0.6) is 0 Å². The molecule has 1 rings (SSSR count). The summed E-state index contributed by atoms with van der Waals surface area (Å²) in [5, 5.41) is 10.5. The Bertz CT molecular complexity index is 447. The van der Waals surface area contributed by atoms with Crippen LogP contribution >= 0.6 is 0 Å². The zero-order valence-corrected chi connectivity index (χ0v) is 8.08. The number of carboxylic acids is 1. The highest BCUT2D eigenvalue weighted by Crippen LogP contribution is 2.19. The van der Waals surface area contributed by atoms with E-state index in [0.29, 0.717) is 12.1 Å². The van der Waals surface area contributed by atoms with Gasteiger partial charge in [-0.15, -0.1) is 0 Å². The van der Waals surface area contributed by atoms with Gasteiger partial charge in [-0.2, -0.15) is 0 Å². The van der Waals surface area contributed by atoms with Crippen LogP contribution in [0, 0.1) is 11.6 Å². The molecule has 7 heteroatoms. The van der Waals surface area contributed by atoms with Crippen LogP contribution in [0.2, 0.25) is 0 Å². The maximum atomic E-state index is 13.1. The molecular weight excluding hydrogens is 224 g/mol. The number of rotatable bonds is 2. The number of anilines is 1. The van der Waals surface area contributed by atoms with Crippen LogP contribution in [-0.2, 0) is 4.74 Å². The van der Waals surface area contributed by atoms with Crippen LogP contribution in [0.3, 0.4) is 0 Å². The van der Waals surface area contributed by atoms with E-state index in [9.17, 15) is 18.4 Å². The first kappa shape index (κ1) is 11.9. The standard InChI is InChI=1S/C9H7F2NO4/c1-16-9(15)12-7-2-4(8(13)14)5(10)3-6(7)11/h2-3H,1H3,(H,12,15)(H,13,14). The Balaban J connectivity index is 3.14. The molecular formula is C9H7F2NO4. The number of nitrogens with one attached hydrogen (secondary N) is 1. The Morgan fingerprint density at radius 3 is 2.44 bits per heavy atom. The lowest BCUT2D eigenvalue weighted by molar-refractivity contribution is 0.0691. The predicted molar refractivity (Wildman–Crippen MR) is 49.3 cm³/mol. The average Bonchev–Trinajstić information content (AvgIpc) is 2.21. The van der Waals surface area contributed by atoms with E-state index in [0.717, 1.165) is 7.11 Å². The van der Waals surface area contributed by atoms with Crippen molar-refractivity contribution >= 4 is 17.7 Å². The summed E-state index contributed by atoms with van der Waals surface area (Å²) < 4.78 is 30.2. The molecule has 2 N–H and O–H groups in total. The van der Waals surface area contributed by atoms with E-state index in [1.54, 1.807) is 0 Å². The summed E-state index contributed by atoms with van der Waals surface area (Å²) in [5.41, 5.74) is -1.21. The third kappa shape index (κ3) is 2.44. The van der Waals surface area contributed by atoms with Gasteiger partial charge in [0.25, 0.3) is 0 Å². The van der Waals surface area contributed by atoms with Crippen molar-refractivity contribution in [3.63, 3.8) is 0 Å². The fourth-order valence-electron chi connectivity index (χ4n) is 0.970. The average molecular weight is 231 g/mol. The van der Waals surface area contributed by atoms with Gasteiger partial charge in [0.15, 0.2) is 0 Å². The van der Waals surface area contributed by atoms with Crippen molar-refractivity contribution in [3.8, 4) is 0 Å². The van der Waals surface area contributed by atoms with Crippen LogP contribution < -0.4 is 5.32 Å². The molecule has 0 saturated carbocycles. The summed E-state index contributed by atoms with van der Waals surface area (Å²) in [7, 11) is 1.05. The van der Waals surface area contributed by atoms with Gasteiger partial charge in [-0.1, -0.05) is 0 Å². The van der Waals surface area contributed by atoms with Crippen molar-refractivity contribution in [1.29, 1.82) is 0 Å². The van der Waals surface area contributed by atoms with E-state index in [1.165, 1.54) is 0 Å². The molecule has 0 atom stereocenters. The summed E-state index contributed by atoms with van der Waals surface area (Å²) in [4.78, 5) is 21.3. The normalized spacial score (nSPS) is 9.69. The smallest absolute Gasteiger partial charge is 0.411 e. The minimum Gasteiger partial charge on any atom is -0.478 e. The topological polar surface area (TPSA) is 75.6 Å². The van der Waals surface area contributed by atoms with Crippen molar-refractivity contribution in [2.75, 3.05) is 12.4 Å². The van der Waals surface area contributed by atoms with Crippen molar-refractivity contribution in [2.24, 2.45) is 0 Å². The Labute approximate surface area is 88.6 Å². The number of ether oxygens (including phenoxy) is 1. The van der Waals surface area contributed by atoms with Crippen LogP contribution in [0.15, 0.2) is 12.1 Å². The molecule has 0 spiro atoms. The number of methoxy groups -OCH3 is 1. The molecule has 0 bridgehead atoms. The number of aromatic carboxylic acids is 1. The number of hydrogen-bond donors (Lipinski definition) is 2. The van der Waals surface area contributed by atoms with Gasteiger partial charge >= 0.3 is 12.1 Å². The third-order valence-electron chi connectivity index (χ3n) is 1.71. The molecule has 0 aliphatic heterocycles. The Hall–Kier alpha value is -2.18. The molecule has 0 aromatic heterocycles. The molecule has 1 aromatic rings. The maximum Gasteiger partial charge on any atom is 0.411 e. The number of halogens is 2. The third-order valence-corrected chi connectivity index (χ3v) is 1.71. The molecule has 1 aromatic carbocycles. The van der Waals surface area contributed by atoms with Crippen molar-refractivity contribution in [1.82, 2.24) is 0 Å². The second-order valence-electron chi connectivity index (χ2n) is 2.73. The molecule has 0 fully saturated rings. The van der Waals surface area contributed by atoms with Gasteiger partial charge < -0.3 is 9.84 Å². The monoisotopic (exact) mass is 231 g/mol. The zero-order chi connectivity index (χ0) is 12.3. The summed E-state index contributed by atoms with van der Waals surface area (Å²) in [6, 6.07) is 1.04. The van der Waals surface area contributed by atoms with Gasteiger partial charge in [-0.25, -0.2) is 18.4 Å². The molecule has 86 valence electrons. The van der Waals surface area contributed by atoms with Crippen molar-refractivity contribution < 1.29 is 28.2 Å². The van der Waals surface area contributed by atoms with E-state index in [2.05, 4.69) is 4.74 Å². The number of hydrogen-bond acceptors (Lipinski definition) is 3. The van der Waals surface area contributed by atoms with Crippen molar-refractivity contribution in [2.45, 2.75) is 0 Å². The number of carbonyl (C=O) groups is 2. The molecule has 1 amide bonds.